The van der Waals surface area contributed by atoms with Crippen molar-refractivity contribution in [2.24, 2.45) is 4.99 Å². The number of nitrogens with one attached hydrogen (secondary N) is 2. The molecule has 1 atom stereocenters. The van der Waals surface area contributed by atoms with Crippen LogP contribution in [0.15, 0.2) is 59.6 Å². The van der Waals surface area contributed by atoms with E-state index in [0.717, 1.165) is 17.7 Å². The topological polar surface area (TPSA) is 65.9 Å². The van der Waals surface area contributed by atoms with Crippen LogP contribution in [0.2, 0.25) is 0 Å². The molecule has 29 heavy (non-hydrogen) atoms. The highest BCUT2D eigenvalue weighted by molar-refractivity contribution is 14.0. The van der Waals surface area contributed by atoms with Crippen LogP contribution in [0.25, 0.3) is 0 Å². The number of aliphatic hydroxyl groups is 1. The highest BCUT2D eigenvalue weighted by Gasteiger charge is 2.30. The molecule has 0 amide bonds. The fraction of sp³-hybridized carbons (Fsp3) is 0.350. The number of halogens is 4. The van der Waals surface area contributed by atoms with Crippen LogP contribution in [0.1, 0.15) is 18.1 Å². The van der Waals surface area contributed by atoms with E-state index in [-0.39, 0.29) is 42.9 Å². The lowest BCUT2D eigenvalue weighted by Crippen LogP contribution is -2.42. The molecule has 0 bridgehead atoms. The van der Waals surface area contributed by atoms with Gasteiger partial charge in [0, 0.05) is 13.1 Å². The predicted molar refractivity (Wildman–Crippen MR) is 118 cm³/mol. The second-order valence-electron chi connectivity index (χ2n) is 6.05. The number of hydrogen-bond acceptors (Lipinski definition) is 3. The number of alkyl halides is 3. The maximum absolute atomic E-state index is 12.7. The van der Waals surface area contributed by atoms with Crippen LogP contribution >= 0.6 is 24.0 Å². The minimum Gasteiger partial charge on any atom is -0.491 e. The van der Waals surface area contributed by atoms with Crippen LogP contribution in [0.3, 0.4) is 0 Å². The molecule has 160 valence electrons. The molecule has 2 aromatic rings. The Morgan fingerprint density at radius 1 is 1.10 bits per heavy atom. The summed E-state index contributed by atoms with van der Waals surface area (Å²) in [6, 6.07) is 14.3. The summed E-state index contributed by atoms with van der Waals surface area (Å²) >= 11 is 0. The molecule has 0 saturated carbocycles. The van der Waals surface area contributed by atoms with Gasteiger partial charge in [0.1, 0.15) is 18.5 Å². The first-order valence-electron chi connectivity index (χ1n) is 8.92. The van der Waals surface area contributed by atoms with Crippen molar-refractivity contribution in [2.75, 3.05) is 19.7 Å². The number of aliphatic hydroxyl groups excluding tert-OH is 1. The SMILES string of the molecule is CCNC(=NCc1ccccc1)NCC(O)COc1cccc(C(F)(F)F)c1.I. The van der Waals surface area contributed by atoms with Gasteiger partial charge in [-0.15, -0.1) is 24.0 Å². The Bertz CT molecular complexity index is 758. The second-order valence-corrected chi connectivity index (χ2v) is 6.05. The lowest BCUT2D eigenvalue weighted by molar-refractivity contribution is -0.137. The molecular formula is C20H25F3IN3O2. The molecule has 0 radical (unpaired) electrons. The summed E-state index contributed by atoms with van der Waals surface area (Å²) in [6.07, 6.45) is -5.36. The van der Waals surface area contributed by atoms with Gasteiger partial charge in [0.05, 0.1) is 12.1 Å². The van der Waals surface area contributed by atoms with Gasteiger partial charge < -0.3 is 20.5 Å². The molecule has 2 aromatic carbocycles. The van der Waals surface area contributed by atoms with Gasteiger partial charge in [-0.2, -0.15) is 13.2 Å². The van der Waals surface area contributed by atoms with E-state index in [1.54, 1.807) is 0 Å². The predicted octanol–water partition coefficient (Wildman–Crippen LogP) is 3.82. The monoisotopic (exact) mass is 523 g/mol. The average Bonchev–Trinajstić information content (AvgIpc) is 2.69. The Labute approximate surface area is 185 Å². The van der Waals surface area contributed by atoms with Crippen LogP contribution < -0.4 is 15.4 Å². The third kappa shape index (κ3) is 9.35. The van der Waals surface area contributed by atoms with Crippen LogP contribution in [-0.2, 0) is 12.7 Å². The lowest BCUT2D eigenvalue weighted by Gasteiger charge is -2.16. The summed E-state index contributed by atoms with van der Waals surface area (Å²) in [6.45, 7) is 3.04. The van der Waals surface area contributed by atoms with Crippen LogP contribution in [0.5, 0.6) is 5.75 Å². The lowest BCUT2D eigenvalue weighted by atomic mass is 10.2. The van der Waals surface area contributed by atoms with Crippen molar-refractivity contribution in [2.45, 2.75) is 25.7 Å². The van der Waals surface area contributed by atoms with E-state index < -0.39 is 17.8 Å². The van der Waals surface area contributed by atoms with Crippen LogP contribution in [0.4, 0.5) is 13.2 Å². The number of hydrogen-bond donors (Lipinski definition) is 3. The number of rotatable bonds is 8. The molecule has 3 N–H and O–H groups in total. The fourth-order valence-corrected chi connectivity index (χ4v) is 2.32. The van der Waals surface area contributed by atoms with Crippen LogP contribution in [-0.4, -0.2) is 36.9 Å². The molecule has 0 spiro atoms. The summed E-state index contributed by atoms with van der Waals surface area (Å²) in [7, 11) is 0. The van der Waals surface area contributed by atoms with Crippen molar-refractivity contribution < 1.29 is 23.0 Å². The smallest absolute Gasteiger partial charge is 0.416 e. The van der Waals surface area contributed by atoms with E-state index in [0.29, 0.717) is 19.0 Å². The molecule has 1 unspecified atom stereocenters. The van der Waals surface area contributed by atoms with E-state index in [2.05, 4.69) is 15.6 Å². The van der Waals surface area contributed by atoms with Crippen molar-refractivity contribution in [3.63, 3.8) is 0 Å². The Balaban J connectivity index is 0.00000420. The van der Waals surface area contributed by atoms with Crippen LogP contribution in [0, 0.1) is 0 Å². The molecule has 0 heterocycles. The van der Waals surface area contributed by atoms with E-state index in [1.165, 1.54) is 12.1 Å². The molecule has 0 fully saturated rings. The van der Waals surface area contributed by atoms with Gasteiger partial charge in [0.25, 0.3) is 0 Å². The van der Waals surface area contributed by atoms with Crippen molar-refractivity contribution in [1.82, 2.24) is 10.6 Å². The molecule has 0 aliphatic carbocycles. The zero-order chi connectivity index (χ0) is 20.4. The van der Waals surface area contributed by atoms with E-state index in [1.807, 2.05) is 37.3 Å². The van der Waals surface area contributed by atoms with E-state index in [9.17, 15) is 18.3 Å². The van der Waals surface area contributed by atoms with Gasteiger partial charge in [0.15, 0.2) is 5.96 Å². The van der Waals surface area contributed by atoms with Gasteiger partial charge in [-0.25, -0.2) is 4.99 Å². The summed E-state index contributed by atoms with van der Waals surface area (Å²) in [5.41, 5.74) is 0.258. The standard InChI is InChI=1S/C20H24F3N3O2.HI/c1-2-24-19(25-12-15-7-4-3-5-8-15)26-13-17(27)14-28-18-10-6-9-16(11-18)20(21,22)23;/h3-11,17,27H,2,12-14H2,1H3,(H2,24,25,26);1H. The summed E-state index contributed by atoms with van der Waals surface area (Å²) < 4.78 is 43.4. The minimum absolute atomic E-state index is 0. The maximum Gasteiger partial charge on any atom is 0.416 e. The third-order valence-electron chi connectivity index (χ3n) is 3.72. The van der Waals surface area contributed by atoms with Crippen molar-refractivity contribution in [3.05, 3.63) is 65.7 Å². The molecule has 0 saturated heterocycles. The summed E-state index contributed by atoms with van der Waals surface area (Å²) in [5, 5.41) is 16.1. The number of benzene rings is 2. The zero-order valence-corrected chi connectivity index (χ0v) is 18.3. The Morgan fingerprint density at radius 3 is 2.48 bits per heavy atom. The fourth-order valence-electron chi connectivity index (χ4n) is 2.32. The molecule has 0 aliphatic rings. The maximum atomic E-state index is 12.7. The zero-order valence-electron chi connectivity index (χ0n) is 15.9. The first-order valence-corrected chi connectivity index (χ1v) is 8.92. The molecule has 0 aromatic heterocycles. The van der Waals surface area contributed by atoms with Gasteiger partial charge in [0.2, 0.25) is 0 Å². The minimum atomic E-state index is -4.44. The number of ether oxygens (including phenoxy) is 1. The highest BCUT2D eigenvalue weighted by Crippen LogP contribution is 2.31. The van der Waals surface area contributed by atoms with Crippen molar-refractivity contribution in [3.8, 4) is 5.75 Å². The van der Waals surface area contributed by atoms with Gasteiger partial charge in [-0.05, 0) is 30.7 Å². The number of nitrogens with zero attached hydrogens (tertiary/aromatic N) is 1. The quantitative estimate of drug-likeness (QED) is 0.280. The molecule has 2 rings (SSSR count). The van der Waals surface area contributed by atoms with E-state index >= 15 is 0 Å². The number of aliphatic imine (C=N–C) groups is 1. The normalized spacial score (nSPS) is 12.7. The van der Waals surface area contributed by atoms with E-state index in [4.69, 9.17) is 4.74 Å². The second kappa shape index (κ2) is 12.5. The molecule has 9 heteroatoms. The van der Waals surface area contributed by atoms with Gasteiger partial charge in [-0.1, -0.05) is 36.4 Å². The first kappa shape index (κ1) is 25.0. The Hall–Kier alpha value is -2.01. The first-order chi connectivity index (χ1) is 13.4. The average molecular weight is 523 g/mol. The molecule has 0 aliphatic heterocycles. The molecule has 5 nitrogen and oxygen atoms in total. The van der Waals surface area contributed by atoms with Crippen molar-refractivity contribution >= 4 is 29.9 Å². The number of guanidine groups is 1. The van der Waals surface area contributed by atoms with Gasteiger partial charge in [-0.3, -0.25) is 0 Å². The Morgan fingerprint density at radius 2 is 1.83 bits per heavy atom. The third-order valence-corrected chi connectivity index (χ3v) is 3.72. The largest absolute Gasteiger partial charge is 0.491 e. The highest BCUT2D eigenvalue weighted by atomic mass is 127. The molecular weight excluding hydrogens is 498 g/mol. The van der Waals surface area contributed by atoms with Gasteiger partial charge >= 0.3 is 6.18 Å². The van der Waals surface area contributed by atoms with Crippen molar-refractivity contribution in [1.29, 1.82) is 0 Å². The summed E-state index contributed by atoms with van der Waals surface area (Å²) in [4.78, 5) is 4.43. The Kier molecular flexibility index (Phi) is 10.8. The summed E-state index contributed by atoms with van der Waals surface area (Å²) in [5.74, 6) is 0.586.